The van der Waals surface area contributed by atoms with Crippen molar-refractivity contribution in [3.63, 3.8) is 0 Å². The molecule has 0 saturated carbocycles. The molecule has 2 aromatic heterocycles. The van der Waals surface area contributed by atoms with E-state index in [1.165, 1.54) is 0 Å². The molecule has 17 heavy (non-hydrogen) atoms. The summed E-state index contributed by atoms with van der Waals surface area (Å²) in [6.07, 6.45) is 0. The Balaban J connectivity index is 2.79. The van der Waals surface area contributed by atoms with Crippen LogP contribution in [0.15, 0.2) is 0 Å². The van der Waals surface area contributed by atoms with Gasteiger partial charge in [0.1, 0.15) is 11.3 Å². The number of hydrogen-bond acceptors (Lipinski definition) is 4. The van der Waals surface area contributed by atoms with Crippen molar-refractivity contribution in [2.75, 3.05) is 11.2 Å². The van der Waals surface area contributed by atoms with Crippen molar-refractivity contribution >= 4 is 16.9 Å². The van der Waals surface area contributed by atoms with Crippen molar-refractivity contribution in [2.45, 2.75) is 40.7 Å². The topological polar surface area (TPSA) is 68.8 Å². The Morgan fingerprint density at radius 3 is 2.41 bits per heavy atom. The van der Waals surface area contributed by atoms with E-state index in [4.69, 9.17) is 5.73 Å². The Hall–Kier alpha value is -1.78. The minimum Gasteiger partial charge on any atom is -0.382 e. The number of imidazole rings is 1. The Bertz CT molecular complexity index is 568. The zero-order chi connectivity index (χ0) is 12.7. The van der Waals surface area contributed by atoms with Crippen LogP contribution in [0.2, 0.25) is 0 Å². The maximum absolute atomic E-state index is 5.92. The van der Waals surface area contributed by atoms with Crippen LogP contribution in [0.1, 0.15) is 30.9 Å². The van der Waals surface area contributed by atoms with Gasteiger partial charge in [0.15, 0.2) is 5.82 Å². The lowest BCUT2D eigenvalue weighted by atomic mass is 10.2. The molecule has 0 atom stereocenters. The molecular weight excluding hydrogens is 214 g/mol. The zero-order valence-corrected chi connectivity index (χ0v) is 11.0. The number of aromatic nitrogens is 3. The predicted octanol–water partition coefficient (Wildman–Crippen LogP) is 1.89. The highest BCUT2D eigenvalue weighted by Gasteiger charge is 2.15. The molecule has 0 spiro atoms. The van der Waals surface area contributed by atoms with Crippen molar-refractivity contribution in [3.8, 4) is 0 Å². The summed E-state index contributed by atoms with van der Waals surface area (Å²) < 4.78 is 2.00. The molecule has 0 aromatic carbocycles. The minimum atomic E-state index is 0.334. The van der Waals surface area contributed by atoms with Gasteiger partial charge in [-0.15, -0.1) is 0 Å². The van der Waals surface area contributed by atoms with Crippen LogP contribution in [0.25, 0.3) is 11.0 Å². The quantitative estimate of drug-likeness (QED) is 0.831. The first-order valence-electron chi connectivity index (χ1n) is 5.80. The molecule has 0 aliphatic heterocycles. The first-order chi connectivity index (χ1) is 7.91. The van der Waals surface area contributed by atoms with Gasteiger partial charge in [0.25, 0.3) is 0 Å². The fourth-order valence-electron chi connectivity index (χ4n) is 1.96. The maximum Gasteiger partial charge on any atom is 0.151 e. The van der Waals surface area contributed by atoms with Gasteiger partial charge in [-0.25, -0.2) is 14.6 Å². The van der Waals surface area contributed by atoms with E-state index < -0.39 is 0 Å². The second-order valence-corrected chi connectivity index (χ2v) is 4.68. The van der Waals surface area contributed by atoms with Gasteiger partial charge in [0.05, 0.1) is 5.52 Å². The third-order valence-electron chi connectivity index (χ3n) is 2.86. The molecule has 0 unspecified atom stereocenters. The standard InChI is InChI=1S/C12H19N5/c1-6(2)16-17-9(5)15-10-11(17)7(3)8(4)14-12(10)13/h6,16H,1-5H3,(H2,13,14). The number of nitrogens with one attached hydrogen (secondary N) is 1. The average molecular weight is 233 g/mol. The summed E-state index contributed by atoms with van der Waals surface area (Å²) >= 11 is 0. The normalized spacial score (nSPS) is 11.4. The molecule has 2 rings (SSSR count). The lowest BCUT2D eigenvalue weighted by Crippen LogP contribution is -2.23. The number of fused-ring (bicyclic) bond motifs is 1. The first-order valence-corrected chi connectivity index (χ1v) is 5.80. The monoisotopic (exact) mass is 233 g/mol. The molecule has 0 radical (unpaired) electrons. The summed E-state index contributed by atoms with van der Waals surface area (Å²) in [5.74, 6) is 1.39. The third kappa shape index (κ3) is 1.81. The van der Waals surface area contributed by atoms with Gasteiger partial charge in [-0.3, -0.25) is 0 Å². The molecule has 0 aliphatic rings. The molecule has 92 valence electrons. The molecule has 5 nitrogen and oxygen atoms in total. The van der Waals surface area contributed by atoms with Crippen LogP contribution >= 0.6 is 0 Å². The van der Waals surface area contributed by atoms with E-state index in [2.05, 4.69) is 29.2 Å². The van der Waals surface area contributed by atoms with Gasteiger partial charge in [-0.05, 0) is 40.2 Å². The van der Waals surface area contributed by atoms with Crippen LogP contribution in [0, 0.1) is 20.8 Å². The third-order valence-corrected chi connectivity index (χ3v) is 2.86. The lowest BCUT2D eigenvalue weighted by molar-refractivity contribution is 0.730. The van der Waals surface area contributed by atoms with E-state index in [1.807, 2.05) is 25.4 Å². The summed E-state index contributed by atoms with van der Waals surface area (Å²) in [5.41, 5.74) is 13.2. The summed E-state index contributed by atoms with van der Waals surface area (Å²) in [6, 6.07) is 0.334. The molecule has 0 saturated heterocycles. The van der Waals surface area contributed by atoms with E-state index in [0.29, 0.717) is 11.9 Å². The number of hydrogen-bond donors (Lipinski definition) is 2. The lowest BCUT2D eigenvalue weighted by Gasteiger charge is -2.15. The average Bonchev–Trinajstić information content (AvgIpc) is 2.53. The first kappa shape index (κ1) is 11.7. The highest BCUT2D eigenvalue weighted by Crippen LogP contribution is 2.24. The molecule has 0 amide bonds. The fraction of sp³-hybridized carbons (Fsp3) is 0.500. The fourth-order valence-corrected chi connectivity index (χ4v) is 1.96. The van der Waals surface area contributed by atoms with Crippen LogP contribution in [-0.2, 0) is 0 Å². The van der Waals surface area contributed by atoms with Gasteiger partial charge in [0, 0.05) is 11.7 Å². The van der Waals surface area contributed by atoms with Crippen molar-refractivity contribution in [3.05, 3.63) is 17.1 Å². The summed E-state index contributed by atoms with van der Waals surface area (Å²) in [6.45, 7) is 10.2. The molecule has 2 aromatic rings. The van der Waals surface area contributed by atoms with Crippen molar-refractivity contribution < 1.29 is 0 Å². The Morgan fingerprint density at radius 2 is 1.82 bits per heavy atom. The van der Waals surface area contributed by atoms with Crippen LogP contribution in [-0.4, -0.2) is 20.7 Å². The number of nitrogens with zero attached hydrogens (tertiary/aromatic N) is 3. The molecule has 3 N–H and O–H groups in total. The molecule has 2 heterocycles. The van der Waals surface area contributed by atoms with E-state index in [9.17, 15) is 0 Å². The van der Waals surface area contributed by atoms with Gasteiger partial charge in [-0.1, -0.05) is 0 Å². The van der Waals surface area contributed by atoms with E-state index in [0.717, 1.165) is 28.1 Å². The van der Waals surface area contributed by atoms with Crippen molar-refractivity contribution in [1.82, 2.24) is 14.6 Å². The van der Waals surface area contributed by atoms with Crippen molar-refractivity contribution in [2.24, 2.45) is 0 Å². The summed E-state index contributed by atoms with van der Waals surface area (Å²) in [5, 5.41) is 0. The highest BCUT2D eigenvalue weighted by molar-refractivity contribution is 5.88. The maximum atomic E-state index is 5.92. The smallest absolute Gasteiger partial charge is 0.151 e. The number of rotatable bonds is 2. The number of nitrogens with two attached hydrogens (primary N) is 1. The van der Waals surface area contributed by atoms with Crippen LogP contribution in [0.3, 0.4) is 0 Å². The molecular formula is C12H19N5. The summed E-state index contributed by atoms with van der Waals surface area (Å²) in [7, 11) is 0. The molecule has 0 aliphatic carbocycles. The Kier molecular flexibility index (Phi) is 2.69. The van der Waals surface area contributed by atoms with E-state index in [-0.39, 0.29) is 0 Å². The highest BCUT2D eigenvalue weighted by atomic mass is 15.4. The molecule has 5 heteroatoms. The van der Waals surface area contributed by atoms with Gasteiger partial charge in [0.2, 0.25) is 0 Å². The van der Waals surface area contributed by atoms with E-state index >= 15 is 0 Å². The van der Waals surface area contributed by atoms with E-state index in [1.54, 1.807) is 0 Å². The Labute approximate surface area is 101 Å². The molecule has 0 bridgehead atoms. The predicted molar refractivity (Wildman–Crippen MR) is 70.6 cm³/mol. The minimum absolute atomic E-state index is 0.334. The zero-order valence-electron chi connectivity index (χ0n) is 11.0. The Morgan fingerprint density at radius 1 is 1.18 bits per heavy atom. The molecule has 0 fully saturated rings. The summed E-state index contributed by atoms with van der Waals surface area (Å²) in [4.78, 5) is 8.79. The van der Waals surface area contributed by atoms with Gasteiger partial charge in [-0.2, -0.15) is 0 Å². The number of aryl methyl sites for hydroxylation is 3. The van der Waals surface area contributed by atoms with Crippen molar-refractivity contribution in [1.29, 1.82) is 0 Å². The van der Waals surface area contributed by atoms with Crippen LogP contribution in [0.5, 0.6) is 0 Å². The second kappa shape index (κ2) is 3.91. The largest absolute Gasteiger partial charge is 0.382 e. The second-order valence-electron chi connectivity index (χ2n) is 4.68. The van der Waals surface area contributed by atoms with Crippen LogP contribution in [0.4, 0.5) is 5.82 Å². The SMILES string of the molecule is Cc1nc(N)c2nc(C)n(NC(C)C)c2c1C. The number of pyridine rings is 1. The number of nitrogen functional groups attached to an aromatic ring is 1. The van der Waals surface area contributed by atoms with Gasteiger partial charge >= 0.3 is 0 Å². The van der Waals surface area contributed by atoms with Gasteiger partial charge < -0.3 is 11.2 Å². The number of anilines is 1. The van der Waals surface area contributed by atoms with Crippen LogP contribution < -0.4 is 11.2 Å².